The van der Waals surface area contributed by atoms with Crippen LogP contribution in [0.2, 0.25) is 0 Å². The highest BCUT2D eigenvalue weighted by atomic mass is 15.2. The maximum atomic E-state index is 3.87. The highest BCUT2D eigenvalue weighted by molar-refractivity contribution is 5.90. The van der Waals surface area contributed by atoms with Gasteiger partial charge in [-0.15, -0.1) is 0 Å². The van der Waals surface area contributed by atoms with E-state index in [2.05, 4.69) is 290 Å². The molecule has 2 nitrogen and oxygen atoms in total. The number of fused-ring (bicyclic) bond motifs is 5. The summed E-state index contributed by atoms with van der Waals surface area (Å²) in [5.74, 6) is 0. The number of allylic oxidation sites excluding steroid dienone is 6. The second-order valence-corrected chi connectivity index (χ2v) is 22.0. The molecule has 11 rings (SSSR count). The molecule has 1 N–H and O–H groups in total. The van der Waals surface area contributed by atoms with Gasteiger partial charge in [-0.05, 0) is 139 Å². The molecular weight excluding hydrogens is 857 g/mol. The Morgan fingerprint density at radius 2 is 1.10 bits per heavy atom. The van der Waals surface area contributed by atoms with Crippen molar-refractivity contribution < 1.29 is 0 Å². The van der Waals surface area contributed by atoms with Crippen LogP contribution in [0, 0.1) is 0 Å². The summed E-state index contributed by atoms with van der Waals surface area (Å²) in [5, 5.41) is 3.87. The van der Waals surface area contributed by atoms with Crippen molar-refractivity contribution in [1.82, 2.24) is 0 Å². The molecule has 2 aliphatic carbocycles. The molecule has 1 atom stereocenters. The number of para-hydroxylation sites is 3. The van der Waals surface area contributed by atoms with E-state index in [9.17, 15) is 0 Å². The van der Waals surface area contributed by atoms with Crippen molar-refractivity contribution in [3.05, 3.63) is 268 Å². The quantitative estimate of drug-likeness (QED) is 0.145. The summed E-state index contributed by atoms with van der Waals surface area (Å²) < 4.78 is 0. The van der Waals surface area contributed by atoms with Crippen LogP contribution in [-0.4, -0.2) is 0 Å². The fourth-order valence-corrected chi connectivity index (χ4v) is 11.8. The summed E-state index contributed by atoms with van der Waals surface area (Å²) in [6.45, 7) is 18.7. The van der Waals surface area contributed by atoms with Crippen molar-refractivity contribution in [2.45, 2.75) is 83.5 Å². The minimum atomic E-state index is -0.453. The molecule has 0 saturated heterocycles. The number of nitrogens with zero attached hydrogens (tertiary/aromatic N) is 1. The van der Waals surface area contributed by atoms with Gasteiger partial charge >= 0.3 is 0 Å². The van der Waals surface area contributed by atoms with E-state index in [0.717, 1.165) is 23.4 Å². The molecule has 1 aliphatic heterocycles. The molecule has 350 valence electrons. The zero-order valence-corrected chi connectivity index (χ0v) is 42.5. The van der Waals surface area contributed by atoms with Gasteiger partial charge in [-0.3, -0.25) is 0 Å². The van der Waals surface area contributed by atoms with Gasteiger partial charge < -0.3 is 10.2 Å². The number of nitrogens with one attached hydrogen (secondary N) is 1. The third-order valence-electron chi connectivity index (χ3n) is 15.8. The van der Waals surface area contributed by atoms with Crippen molar-refractivity contribution >= 4 is 40.6 Å². The molecule has 0 spiro atoms. The number of benzene rings is 8. The molecule has 8 aromatic carbocycles. The summed E-state index contributed by atoms with van der Waals surface area (Å²) >= 11 is 0. The minimum Gasteiger partial charge on any atom is -0.355 e. The van der Waals surface area contributed by atoms with Crippen LogP contribution in [0.4, 0.5) is 28.4 Å². The molecule has 0 radical (unpaired) electrons. The number of hydrogen-bond acceptors (Lipinski definition) is 2. The van der Waals surface area contributed by atoms with Gasteiger partial charge in [-0.25, -0.2) is 0 Å². The molecule has 2 heteroatoms. The van der Waals surface area contributed by atoms with Gasteiger partial charge in [0.05, 0.1) is 11.4 Å². The van der Waals surface area contributed by atoms with Gasteiger partial charge in [0.2, 0.25) is 0 Å². The zero-order valence-electron chi connectivity index (χ0n) is 42.5. The maximum absolute atomic E-state index is 3.87. The van der Waals surface area contributed by atoms with E-state index in [-0.39, 0.29) is 16.2 Å². The Hall–Kier alpha value is -7.68. The lowest BCUT2D eigenvalue weighted by molar-refractivity contribution is 0.592. The van der Waals surface area contributed by atoms with E-state index in [1.165, 1.54) is 89.4 Å². The first-order chi connectivity index (χ1) is 34.2. The van der Waals surface area contributed by atoms with Crippen LogP contribution in [-0.2, 0) is 21.7 Å². The largest absolute Gasteiger partial charge is 0.355 e. The molecule has 0 bridgehead atoms. The van der Waals surface area contributed by atoms with E-state index >= 15 is 0 Å². The highest BCUT2D eigenvalue weighted by Crippen LogP contribution is 2.55. The molecule has 0 fully saturated rings. The lowest BCUT2D eigenvalue weighted by Gasteiger charge is -2.42. The van der Waals surface area contributed by atoms with Crippen molar-refractivity contribution in [2.75, 3.05) is 10.2 Å². The third-order valence-corrected chi connectivity index (χ3v) is 15.8. The van der Waals surface area contributed by atoms with Gasteiger partial charge in [0, 0.05) is 33.3 Å². The van der Waals surface area contributed by atoms with Crippen molar-refractivity contribution in [2.24, 2.45) is 0 Å². The smallest absolute Gasteiger partial charge is 0.0502 e. The summed E-state index contributed by atoms with van der Waals surface area (Å²) in [5.41, 5.74) is 23.1. The molecule has 0 aromatic heterocycles. The highest BCUT2D eigenvalue weighted by Gasteiger charge is 2.40. The predicted molar refractivity (Wildman–Crippen MR) is 304 cm³/mol. The van der Waals surface area contributed by atoms with Crippen molar-refractivity contribution in [3.8, 4) is 22.3 Å². The molecule has 3 aliphatic rings. The second-order valence-electron chi connectivity index (χ2n) is 22.0. The van der Waals surface area contributed by atoms with Crippen LogP contribution in [0.5, 0.6) is 0 Å². The second kappa shape index (κ2) is 17.6. The third kappa shape index (κ3) is 8.00. The topological polar surface area (TPSA) is 15.3 Å². The molecule has 71 heavy (non-hydrogen) atoms. The lowest BCUT2D eigenvalue weighted by atomic mass is 9.68. The number of rotatable bonds is 9. The molecule has 0 amide bonds. The van der Waals surface area contributed by atoms with Gasteiger partial charge in [-0.2, -0.15) is 0 Å². The Balaban J connectivity index is 0.917. The Morgan fingerprint density at radius 1 is 0.507 bits per heavy atom. The monoisotopic (exact) mass is 921 g/mol. The summed E-state index contributed by atoms with van der Waals surface area (Å²) in [7, 11) is 0. The zero-order chi connectivity index (χ0) is 49.1. The van der Waals surface area contributed by atoms with Crippen LogP contribution in [0.15, 0.2) is 218 Å². The van der Waals surface area contributed by atoms with Crippen LogP contribution in [0.1, 0.15) is 112 Å². The SMILES string of the molecule is CC(C)(C)c1ccccc1Nc1ccc(-c2ccc(/C=C/c3ccc4c(c3)C(C)(C)c3cc(N5c6ccccc6C(C)(C)c6ccccc65)ccc3-4)cc2)c(C(C)(C2=CC=CCC=C2)c2ccccc2)c1. The van der Waals surface area contributed by atoms with Crippen LogP contribution in [0.25, 0.3) is 34.4 Å². The maximum Gasteiger partial charge on any atom is 0.0502 e. The fourth-order valence-electron chi connectivity index (χ4n) is 11.8. The Labute approximate surface area is 422 Å². The van der Waals surface area contributed by atoms with Gasteiger partial charge in [0.1, 0.15) is 0 Å². The van der Waals surface area contributed by atoms with Gasteiger partial charge in [-0.1, -0.05) is 231 Å². The van der Waals surface area contributed by atoms with E-state index in [4.69, 9.17) is 0 Å². The van der Waals surface area contributed by atoms with Crippen LogP contribution >= 0.6 is 0 Å². The lowest BCUT2D eigenvalue weighted by Crippen LogP contribution is -2.30. The summed E-state index contributed by atoms with van der Waals surface area (Å²) in [6, 6.07) is 67.8. The Kier molecular flexibility index (Phi) is 11.4. The summed E-state index contributed by atoms with van der Waals surface area (Å²) in [6.07, 6.45) is 16.8. The fraction of sp³-hybridized carbons (Fsp3) is 0.188. The molecule has 0 saturated carbocycles. The Bertz CT molecular complexity index is 3410. The van der Waals surface area contributed by atoms with Crippen LogP contribution < -0.4 is 10.2 Å². The van der Waals surface area contributed by atoms with E-state index in [1.54, 1.807) is 0 Å². The van der Waals surface area contributed by atoms with Crippen LogP contribution in [0.3, 0.4) is 0 Å². The van der Waals surface area contributed by atoms with E-state index < -0.39 is 5.41 Å². The average molecular weight is 921 g/mol. The average Bonchev–Trinajstić information content (AvgIpc) is 3.54. The predicted octanol–water partition coefficient (Wildman–Crippen LogP) is 18.7. The summed E-state index contributed by atoms with van der Waals surface area (Å²) in [4.78, 5) is 2.47. The van der Waals surface area contributed by atoms with Crippen molar-refractivity contribution in [1.29, 1.82) is 0 Å². The first-order valence-corrected chi connectivity index (χ1v) is 25.4. The number of hydrogen-bond donors (Lipinski definition) is 1. The van der Waals surface area contributed by atoms with Gasteiger partial charge in [0.15, 0.2) is 0 Å². The Morgan fingerprint density at radius 3 is 1.82 bits per heavy atom. The van der Waals surface area contributed by atoms with E-state index in [1.807, 2.05) is 0 Å². The molecule has 1 unspecified atom stereocenters. The van der Waals surface area contributed by atoms with E-state index in [0.29, 0.717) is 0 Å². The molecule has 1 heterocycles. The van der Waals surface area contributed by atoms with Gasteiger partial charge in [0.25, 0.3) is 0 Å². The number of anilines is 5. The first kappa shape index (κ1) is 45.7. The molecule has 8 aromatic rings. The standard InChI is InChI=1S/C69H64N2/c1-66(2,3)57-26-16-19-29-63(57)70-52-39-42-54(62(45-52)69(8,51-24-14-11-15-25-51)50-22-12-9-10-13-23-50)49-37-34-47(35-38-49)32-33-48-36-41-55-56-43-40-53(46-61(56)68(6,7)60(55)44-48)71-64-30-20-17-27-58(64)67(4,5)59-28-18-21-31-65(59)71/h9,11-46,70H,10H2,1-8H3/b33-32+. The van der Waals surface area contributed by atoms with Crippen molar-refractivity contribution in [3.63, 3.8) is 0 Å². The molecular formula is C69H64N2. The minimum absolute atomic E-state index is 0.00932. The normalized spacial score (nSPS) is 16.1. The first-order valence-electron chi connectivity index (χ1n) is 25.4.